The Morgan fingerprint density at radius 1 is 1.57 bits per heavy atom. The molecule has 0 radical (unpaired) electrons. The third-order valence-corrected chi connectivity index (χ3v) is 2.53. The van der Waals surface area contributed by atoms with Gasteiger partial charge in [-0.25, -0.2) is 0 Å². The van der Waals surface area contributed by atoms with E-state index in [2.05, 4.69) is 6.58 Å². The van der Waals surface area contributed by atoms with Gasteiger partial charge in [-0.2, -0.15) is 8.78 Å². The van der Waals surface area contributed by atoms with Crippen molar-refractivity contribution in [2.24, 2.45) is 0 Å². The van der Waals surface area contributed by atoms with Crippen LogP contribution < -0.4 is 0 Å². The minimum atomic E-state index is -2.92. The molecule has 0 aromatic carbocycles. The zero-order chi connectivity index (χ0) is 10.8. The molecule has 1 aliphatic rings. The molecule has 0 amide bonds. The fraction of sp³-hybridized carbons (Fsp3) is 0.800. The van der Waals surface area contributed by atoms with E-state index < -0.39 is 12.0 Å². The summed E-state index contributed by atoms with van der Waals surface area (Å²) in [7, 11) is 0. The average molecular weight is 205 g/mol. The van der Waals surface area contributed by atoms with Crippen LogP contribution in [0.4, 0.5) is 8.78 Å². The molecule has 0 aliphatic carbocycles. The number of hydrogen-bond acceptors (Lipinski definition) is 2. The lowest BCUT2D eigenvalue weighted by Gasteiger charge is -2.37. The molecule has 0 bridgehead atoms. The van der Waals surface area contributed by atoms with Crippen molar-refractivity contribution in [1.82, 2.24) is 4.90 Å². The number of ether oxygens (including phenoxy) is 1. The Labute approximate surface area is 83.5 Å². The summed E-state index contributed by atoms with van der Waals surface area (Å²) >= 11 is 0. The van der Waals surface area contributed by atoms with Crippen LogP contribution in [0.5, 0.6) is 0 Å². The molecule has 1 unspecified atom stereocenters. The van der Waals surface area contributed by atoms with Crippen molar-refractivity contribution in [3.8, 4) is 0 Å². The third kappa shape index (κ3) is 2.51. The highest BCUT2D eigenvalue weighted by molar-refractivity contribution is 4.96. The van der Waals surface area contributed by atoms with E-state index in [4.69, 9.17) is 4.74 Å². The summed E-state index contributed by atoms with van der Waals surface area (Å²) in [6.07, 6.45) is -0.377. The van der Waals surface area contributed by atoms with Crippen molar-refractivity contribution >= 4 is 0 Å². The van der Waals surface area contributed by atoms with E-state index in [1.54, 1.807) is 0 Å². The van der Waals surface area contributed by atoms with E-state index >= 15 is 0 Å². The Morgan fingerprint density at radius 3 is 2.71 bits per heavy atom. The molecule has 1 rings (SSSR count). The van der Waals surface area contributed by atoms with Gasteiger partial charge in [-0.15, -0.1) is 0 Å². The second-order valence-corrected chi connectivity index (χ2v) is 3.83. The lowest BCUT2D eigenvalue weighted by Crippen LogP contribution is -2.51. The average Bonchev–Trinajstić information content (AvgIpc) is 2.18. The molecule has 14 heavy (non-hydrogen) atoms. The number of nitrogens with zero attached hydrogens (tertiary/aromatic N) is 1. The van der Waals surface area contributed by atoms with Crippen molar-refractivity contribution in [2.45, 2.75) is 31.9 Å². The second-order valence-electron chi connectivity index (χ2n) is 3.83. The zero-order valence-corrected chi connectivity index (χ0v) is 8.67. The minimum absolute atomic E-state index is 0.274. The number of rotatable bonds is 3. The largest absolute Gasteiger partial charge is 0.369 e. The maximum Gasteiger partial charge on any atom is 0.293 e. The molecule has 1 saturated heterocycles. The van der Waals surface area contributed by atoms with Crippen molar-refractivity contribution in [1.29, 1.82) is 0 Å². The zero-order valence-electron chi connectivity index (χ0n) is 8.67. The third-order valence-electron chi connectivity index (χ3n) is 2.53. The van der Waals surface area contributed by atoms with Gasteiger partial charge < -0.3 is 4.74 Å². The van der Waals surface area contributed by atoms with Gasteiger partial charge in [0.05, 0.1) is 6.61 Å². The Bertz CT molecular complexity index is 206. The summed E-state index contributed by atoms with van der Waals surface area (Å²) in [4.78, 5) is 1.99. The van der Waals surface area contributed by atoms with Crippen molar-refractivity contribution in [2.75, 3.05) is 19.7 Å². The van der Waals surface area contributed by atoms with Crippen LogP contribution in [0, 0.1) is 0 Å². The molecule has 82 valence electrons. The van der Waals surface area contributed by atoms with E-state index in [9.17, 15) is 8.78 Å². The highest BCUT2D eigenvalue weighted by Crippen LogP contribution is 2.25. The second kappa shape index (κ2) is 4.36. The fourth-order valence-corrected chi connectivity index (χ4v) is 1.50. The standard InChI is InChI=1S/C10H17F2NO/c1-4-10(11,12)9-7-13(8(2)3)5-6-14-9/h4,8-9H,1,5-7H2,2-3H3. The molecule has 1 fully saturated rings. The molecule has 0 N–H and O–H groups in total. The summed E-state index contributed by atoms with van der Waals surface area (Å²) in [5, 5.41) is 0. The summed E-state index contributed by atoms with van der Waals surface area (Å²) < 4.78 is 31.5. The van der Waals surface area contributed by atoms with Crippen LogP contribution in [0.15, 0.2) is 12.7 Å². The van der Waals surface area contributed by atoms with E-state index in [1.165, 1.54) is 0 Å². The molecule has 0 spiro atoms. The number of hydrogen-bond donors (Lipinski definition) is 0. The molecule has 0 aromatic heterocycles. The number of halogens is 2. The predicted octanol–water partition coefficient (Wildman–Crippen LogP) is 1.92. The van der Waals surface area contributed by atoms with Crippen LogP contribution in [0.1, 0.15) is 13.8 Å². The first-order valence-corrected chi connectivity index (χ1v) is 4.84. The normalized spacial score (nSPS) is 25.4. The van der Waals surface area contributed by atoms with E-state index in [0.717, 1.165) is 6.54 Å². The van der Waals surface area contributed by atoms with E-state index in [-0.39, 0.29) is 12.6 Å². The quantitative estimate of drug-likeness (QED) is 0.653. The first-order valence-electron chi connectivity index (χ1n) is 4.84. The molecule has 1 heterocycles. The topological polar surface area (TPSA) is 12.5 Å². The SMILES string of the molecule is C=CC(F)(F)C1CN(C(C)C)CCO1. The van der Waals surface area contributed by atoms with Crippen molar-refractivity contribution in [3.63, 3.8) is 0 Å². The Hall–Kier alpha value is -0.480. The molecule has 1 aliphatic heterocycles. The van der Waals surface area contributed by atoms with Crippen LogP contribution in [0.25, 0.3) is 0 Å². The van der Waals surface area contributed by atoms with Gasteiger partial charge in [0, 0.05) is 19.1 Å². The molecule has 4 heteroatoms. The summed E-state index contributed by atoms with van der Waals surface area (Å²) in [6, 6.07) is 0.280. The minimum Gasteiger partial charge on any atom is -0.369 e. The Morgan fingerprint density at radius 2 is 2.21 bits per heavy atom. The van der Waals surface area contributed by atoms with Gasteiger partial charge in [-0.3, -0.25) is 4.90 Å². The maximum absolute atomic E-state index is 13.2. The molecule has 0 saturated carbocycles. The van der Waals surface area contributed by atoms with Crippen LogP contribution in [0.2, 0.25) is 0 Å². The van der Waals surface area contributed by atoms with Gasteiger partial charge in [0.15, 0.2) is 0 Å². The van der Waals surface area contributed by atoms with Crippen LogP contribution >= 0.6 is 0 Å². The van der Waals surface area contributed by atoms with Gasteiger partial charge in [0.25, 0.3) is 5.92 Å². The first-order chi connectivity index (χ1) is 6.47. The van der Waals surface area contributed by atoms with Crippen molar-refractivity contribution < 1.29 is 13.5 Å². The first kappa shape index (κ1) is 11.6. The monoisotopic (exact) mass is 205 g/mol. The Balaban J connectivity index is 2.60. The molecule has 2 nitrogen and oxygen atoms in total. The van der Waals surface area contributed by atoms with Gasteiger partial charge >= 0.3 is 0 Å². The molecular weight excluding hydrogens is 188 g/mol. The number of alkyl halides is 2. The van der Waals surface area contributed by atoms with Gasteiger partial charge in [-0.05, 0) is 19.9 Å². The maximum atomic E-state index is 13.2. The fourth-order valence-electron chi connectivity index (χ4n) is 1.50. The molecule has 1 atom stereocenters. The number of morpholine rings is 1. The van der Waals surface area contributed by atoms with E-state index in [0.29, 0.717) is 12.7 Å². The van der Waals surface area contributed by atoms with Crippen LogP contribution in [-0.4, -0.2) is 42.7 Å². The van der Waals surface area contributed by atoms with Crippen LogP contribution in [-0.2, 0) is 4.74 Å². The summed E-state index contributed by atoms with van der Waals surface area (Å²) in [5.74, 6) is -2.92. The van der Waals surface area contributed by atoms with Gasteiger partial charge in [0.2, 0.25) is 0 Å². The molecule has 0 aromatic rings. The van der Waals surface area contributed by atoms with Gasteiger partial charge in [-0.1, -0.05) is 6.58 Å². The Kier molecular flexibility index (Phi) is 3.61. The van der Waals surface area contributed by atoms with Crippen LogP contribution in [0.3, 0.4) is 0 Å². The highest BCUT2D eigenvalue weighted by Gasteiger charge is 2.40. The summed E-state index contributed by atoms with van der Waals surface area (Å²) in [6.45, 7) is 8.48. The summed E-state index contributed by atoms with van der Waals surface area (Å²) in [5.41, 5.74) is 0. The van der Waals surface area contributed by atoms with Crippen molar-refractivity contribution in [3.05, 3.63) is 12.7 Å². The highest BCUT2D eigenvalue weighted by atomic mass is 19.3. The predicted molar refractivity (Wildman–Crippen MR) is 51.6 cm³/mol. The van der Waals surface area contributed by atoms with Gasteiger partial charge in [0.1, 0.15) is 6.10 Å². The lowest BCUT2D eigenvalue weighted by molar-refractivity contribution is -0.145. The molecular formula is C10H17F2NO. The smallest absolute Gasteiger partial charge is 0.293 e. The van der Waals surface area contributed by atoms with E-state index in [1.807, 2.05) is 18.7 Å². The lowest BCUT2D eigenvalue weighted by atomic mass is 10.1.